The Labute approximate surface area is 169 Å². The summed E-state index contributed by atoms with van der Waals surface area (Å²) in [7, 11) is 1.61. The summed E-state index contributed by atoms with van der Waals surface area (Å²) in [5, 5.41) is 6.49. The standard InChI is InChI=1S/C23H23N3O3/c1-24-23(28)21-13-19-18(6-4-7-20(19)26-21)15-8-10-16(11-9-15)22(27)25-14-17-5-2-3-12-29-17/h4-11,13,26H,2-3,12,14H2,1H3,(H,24,28)(H,25,27). The number of H-pyrrole nitrogens is 1. The summed E-state index contributed by atoms with van der Waals surface area (Å²) in [5.41, 5.74) is 3.99. The van der Waals surface area contributed by atoms with Gasteiger partial charge in [-0.2, -0.15) is 0 Å². The van der Waals surface area contributed by atoms with E-state index in [-0.39, 0.29) is 11.8 Å². The maximum atomic E-state index is 12.4. The van der Waals surface area contributed by atoms with Gasteiger partial charge >= 0.3 is 0 Å². The zero-order valence-corrected chi connectivity index (χ0v) is 16.2. The number of amides is 2. The average molecular weight is 389 g/mol. The van der Waals surface area contributed by atoms with Crippen LogP contribution in [-0.2, 0) is 4.74 Å². The number of hydrogen-bond acceptors (Lipinski definition) is 3. The van der Waals surface area contributed by atoms with E-state index in [4.69, 9.17) is 4.74 Å². The molecule has 3 aromatic rings. The normalized spacial score (nSPS) is 13.5. The molecule has 0 saturated heterocycles. The van der Waals surface area contributed by atoms with Gasteiger partial charge in [0.05, 0.1) is 13.2 Å². The lowest BCUT2D eigenvalue weighted by Crippen LogP contribution is -2.27. The van der Waals surface area contributed by atoms with Crippen molar-refractivity contribution >= 4 is 22.7 Å². The first-order chi connectivity index (χ1) is 14.2. The van der Waals surface area contributed by atoms with Crippen LogP contribution in [0.2, 0.25) is 0 Å². The van der Waals surface area contributed by atoms with Crippen LogP contribution in [0, 0.1) is 0 Å². The van der Waals surface area contributed by atoms with E-state index >= 15 is 0 Å². The Morgan fingerprint density at radius 1 is 1.10 bits per heavy atom. The minimum absolute atomic E-state index is 0.131. The molecule has 0 unspecified atom stereocenters. The largest absolute Gasteiger partial charge is 0.496 e. The molecular formula is C23H23N3O3. The highest BCUT2D eigenvalue weighted by molar-refractivity contribution is 6.03. The molecule has 29 heavy (non-hydrogen) atoms. The number of aromatic amines is 1. The highest BCUT2D eigenvalue weighted by atomic mass is 16.5. The Kier molecular flexibility index (Phi) is 5.33. The van der Waals surface area contributed by atoms with Gasteiger partial charge in [-0.3, -0.25) is 9.59 Å². The molecule has 6 nitrogen and oxygen atoms in total. The van der Waals surface area contributed by atoms with E-state index in [9.17, 15) is 9.59 Å². The lowest BCUT2D eigenvalue weighted by Gasteiger charge is -2.15. The van der Waals surface area contributed by atoms with E-state index in [1.807, 2.05) is 54.6 Å². The van der Waals surface area contributed by atoms with Crippen molar-refractivity contribution in [1.29, 1.82) is 0 Å². The number of carbonyl (C=O) groups excluding carboxylic acids is 2. The van der Waals surface area contributed by atoms with Gasteiger partial charge in [0, 0.05) is 23.5 Å². The smallest absolute Gasteiger partial charge is 0.267 e. The Morgan fingerprint density at radius 2 is 1.93 bits per heavy atom. The maximum Gasteiger partial charge on any atom is 0.267 e. The molecule has 2 amide bonds. The predicted molar refractivity (Wildman–Crippen MR) is 113 cm³/mol. The lowest BCUT2D eigenvalue weighted by atomic mass is 10.00. The fourth-order valence-corrected chi connectivity index (χ4v) is 3.47. The predicted octanol–water partition coefficient (Wildman–Crippen LogP) is 3.62. The van der Waals surface area contributed by atoms with E-state index in [1.54, 1.807) is 7.05 Å². The summed E-state index contributed by atoms with van der Waals surface area (Å²) in [6, 6.07) is 15.2. The van der Waals surface area contributed by atoms with E-state index in [0.717, 1.165) is 40.6 Å². The molecule has 1 aromatic heterocycles. The Morgan fingerprint density at radius 3 is 2.66 bits per heavy atom. The molecule has 0 radical (unpaired) electrons. The van der Waals surface area contributed by atoms with Crippen molar-refractivity contribution in [1.82, 2.24) is 15.6 Å². The Balaban J connectivity index is 1.53. The van der Waals surface area contributed by atoms with Gasteiger partial charge < -0.3 is 20.4 Å². The number of benzene rings is 2. The van der Waals surface area contributed by atoms with Gasteiger partial charge in [-0.05, 0) is 54.3 Å². The molecule has 3 N–H and O–H groups in total. The first-order valence-corrected chi connectivity index (χ1v) is 9.70. The van der Waals surface area contributed by atoms with E-state index in [1.165, 1.54) is 0 Å². The molecule has 0 atom stereocenters. The molecule has 0 spiro atoms. The topological polar surface area (TPSA) is 83.2 Å². The molecule has 1 aliphatic heterocycles. The molecule has 1 aliphatic rings. The maximum absolute atomic E-state index is 12.4. The third-order valence-corrected chi connectivity index (χ3v) is 5.03. The number of nitrogens with one attached hydrogen (secondary N) is 3. The molecule has 0 bridgehead atoms. The number of allylic oxidation sites excluding steroid dienone is 1. The van der Waals surface area contributed by atoms with Gasteiger partial charge in [0.2, 0.25) is 0 Å². The van der Waals surface area contributed by atoms with Crippen LogP contribution in [0.1, 0.15) is 33.7 Å². The van der Waals surface area contributed by atoms with Crippen LogP contribution in [0.3, 0.4) is 0 Å². The van der Waals surface area contributed by atoms with Gasteiger partial charge in [-0.1, -0.05) is 24.3 Å². The summed E-state index contributed by atoms with van der Waals surface area (Å²) < 4.78 is 5.52. The third kappa shape index (κ3) is 4.01. The number of ether oxygens (including phenoxy) is 1. The SMILES string of the molecule is CNC(=O)c1cc2c(-c3ccc(C(=O)NCC4=CCCCO4)cc3)cccc2[nH]1. The summed E-state index contributed by atoms with van der Waals surface area (Å²) in [6.07, 6.45) is 4.04. The summed E-state index contributed by atoms with van der Waals surface area (Å²) in [6.45, 7) is 1.12. The van der Waals surface area contributed by atoms with Gasteiger partial charge in [-0.15, -0.1) is 0 Å². The van der Waals surface area contributed by atoms with Crippen molar-refractivity contribution in [2.45, 2.75) is 12.8 Å². The van der Waals surface area contributed by atoms with Crippen LogP contribution in [-0.4, -0.2) is 37.0 Å². The molecular weight excluding hydrogens is 366 g/mol. The van der Waals surface area contributed by atoms with Crippen molar-refractivity contribution in [3.8, 4) is 11.1 Å². The number of fused-ring (bicyclic) bond motifs is 1. The second kappa shape index (κ2) is 8.22. The minimum atomic E-state index is -0.156. The molecule has 0 saturated carbocycles. The lowest BCUT2D eigenvalue weighted by molar-refractivity contribution is 0.0940. The monoisotopic (exact) mass is 389 g/mol. The average Bonchev–Trinajstić information content (AvgIpc) is 3.22. The zero-order chi connectivity index (χ0) is 20.2. The molecule has 2 aromatic carbocycles. The van der Waals surface area contributed by atoms with Crippen LogP contribution in [0.5, 0.6) is 0 Å². The number of aromatic nitrogens is 1. The molecule has 0 fully saturated rings. The molecule has 6 heteroatoms. The van der Waals surface area contributed by atoms with Crippen LogP contribution in [0.4, 0.5) is 0 Å². The van der Waals surface area contributed by atoms with E-state index in [2.05, 4.69) is 15.6 Å². The van der Waals surface area contributed by atoms with Crippen molar-refractivity contribution < 1.29 is 14.3 Å². The molecule has 0 aliphatic carbocycles. The fourth-order valence-electron chi connectivity index (χ4n) is 3.47. The number of carbonyl (C=O) groups is 2. The number of rotatable bonds is 5. The van der Waals surface area contributed by atoms with Crippen molar-refractivity contribution in [2.24, 2.45) is 0 Å². The van der Waals surface area contributed by atoms with Crippen LogP contribution in [0.15, 0.2) is 60.4 Å². The van der Waals surface area contributed by atoms with Gasteiger partial charge in [-0.25, -0.2) is 0 Å². The summed E-state index contributed by atoms with van der Waals surface area (Å²) in [5.74, 6) is 0.539. The Hall–Kier alpha value is -3.54. The van der Waals surface area contributed by atoms with Gasteiger partial charge in [0.25, 0.3) is 11.8 Å². The zero-order valence-electron chi connectivity index (χ0n) is 16.2. The quantitative estimate of drug-likeness (QED) is 0.623. The van der Waals surface area contributed by atoms with Crippen LogP contribution < -0.4 is 10.6 Å². The van der Waals surface area contributed by atoms with Crippen LogP contribution in [0.25, 0.3) is 22.0 Å². The highest BCUT2D eigenvalue weighted by Crippen LogP contribution is 2.29. The van der Waals surface area contributed by atoms with Crippen LogP contribution >= 0.6 is 0 Å². The van der Waals surface area contributed by atoms with Gasteiger partial charge in [0.1, 0.15) is 11.5 Å². The molecule has 148 valence electrons. The third-order valence-electron chi connectivity index (χ3n) is 5.03. The first kappa shape index (κ1) is 18.8. The fraction of sp³-hybridized carbons (Fsp3) is 0.217. The second-order valence-corrected chi connectivity index (χ2v) is 6.95. The highest BCUT2D eigenvalue weighted by Gasteiger charge is 2.13. The molecule has 2 heterocycles. The van der Waals surface area contributed by atoms with Crippen molar-refractivity contribution in [3.05, 3.63) is 71.6 Å². The Bertz CT molecular complexity index is 1080. The number of hydrogen-bond donors (Lipinski definition) is 3. The molecule has 4 rings (SSSR count). The van der Waals surface area contributed by atoms with E-state index < -0.39 is 0 Å². The second-order valence-electron chi connectivity index (χ2n) is 6.95. The van der Waals surface area contributed by atoms with Gasteiger partial charge in [0.15, 0.2) is 0 Å². The minimum Gasteiger partial charge on any atom is -0.496 e. The summed E-state index contributed by atoms with van der Waals surface area (Å²) in [4.78, 5) is 27.5. The van der Waals surface area contributed by atoms with Crippen molar-refractivity contribution in [3.63, 3.8) is 0 Å². The first-order valence-electron chi connectivity index (χ1n) is 9.70. The van der Waals surface area contributed by atoms with Crippen molar-refractivity contribution in [2.75, 3.05) is 20.2 Å². The van der Waals surface area contributed by atoms with E-state index in [0.29, 0.717) is 24.4 Å². The summed E-state index contributed by atoms with van der Waals surface area (Å²) >= 11 is 0.